The summed E-state index contributed by atoms with van der Waals surface area (Å²) in [5, 5.41) is 3.71. The molecule has 1 N–H and O–H groups in total. The molecule has 0 spiro atoms. The SMILES string of the molecule is Cc1ccc(NC(=O)COC(=O)[C@H](C)Oc2ccc(Cl)cc2)cc1Cl. The molecule has 1 amide bonds. The Morgan fingerprint density at radius 2 is 1.80 bits per heavy atom. The highest BCUT2D eigenvalue weighted by molar-refractivity contribution is 6.31. The Bertz CT molecular complexity index is 762. The van der Waals surface area contributed by atoms with E-state index in [0.29, 0.717) is 21.5 Å². The van der Waals surface area contributed by atoms with E-state index in [1.807, 2.05) is 6.92 Å². The summed E-state index contributed by atoms with van der Waals surface area (Å²) in [7, 11) is 0. The number of carbonyl (C=O) groups is 2. The third kappa shape index (κ3) is 5.96. The van der Waals surface area contributed by atoms with Crippen molar-refractivity contribution in [1.82, 2.24) is 0 Å². The minimum Gasteiger partial charge on any atom is -0.479 e. The standard InChI is InChI=1S/C18H17Cl2NO4/c1-11-3-6-14(9-16(11)20)21-17(22)10-24-18(23)12(2)25-15-7-4-13(19)5-8-15/h3-9,12H,10H2,1-2H3,(H,21,22)/t12-/m0/s1. The van der Waals surface area contributed by atoms with Crippen molar-refractivity contribution >= 4 is 40.8 Å². The van der Waals surface area contributed by atoms with Crippen LogP contribution in [0.4, 0.5) is 5.69 Å². The molecule has 0 saturated heterocycles. The van der Waals surface area contributed by atoms with Gasteiger partial charge in [-0.2, -0.15) is 0 Å². The van der Waals surface area contributed by atoms with Crippen molar-refractivity contribution in [2.75, 3.05) is 11.9 Å². The minimum atomic E-state index is -0.859. The average molecular weight is 382 g/mol. The lowest BCUT2D eigenvalue weighted by molar-refractivity contribution is -0.153. The number of carbonyl (C=O) groups excluding carboxylic acids is 2. The number of hydrogen-bond acceptors (Lipinski definition) is 4. The van der Waals surface area contributed by atoms with Crippen molar-refractivity contribution in [3.8, 4) is 5.75 Å². The molecule has 2 aromatic carbocycles. The van der Waals surface area contributed by atoms with Crippen molar-refractivity contribution in [2.24, 2.45) is 0 Å². The average Bonchev–Trinajstić information content (AvgIpc) is 2.58. The van der Waals surface area contributed by atoms with E-state index in [0.717, 1.165) is 5.56 Å². The van der Waals surface area contributed by atoms with Gasteiger partial charge in [-0.25, -0.2) is 4.79 Å². The van der Waals surface area contributed by atoms with Gasteiger partial charge in [0.2, 0.25) is 0 Å². The van der Waals surface area contributed by atoms with Crippen molar-refractivity contribution in [3.05, 3.63) is 58.1 Å². The van der Waals surface area contributed by atoms with Crippen LogP contribution in [-0.2, 0) is 14.3 Å². The molecule has 7 heteroatoms. The third-order valence-corrected chi connectivity index (χ3v) is 3.92. The maximum Gasteiger partial charge on any atom is 0.347 e. The summed E-state index contributed by atoms with van der Waals surface area (Å²) < 4.78 is 10.4. The first kappa shape index (κ1) is 19.1. The van der Waals surface area contributed by atoms with Gasteiger partial charge in [0.15, 0.2) is 12.7 Å². The van der Waals surface area contributed by atoms with Crippen LogP contribution in [0.3, 0.4) is 0 Å². The van der Waals surface area contributed by atoms with Gasteiger partial charge in [-0.05, 0) is 55.8 Å². The van der Waals surface area contributed by atoms with Crippen molar-refractivity contribution in [2.45, 2.75) is 20.0 Å². The van der Waals surface area contributed by atoms with E-state index in [-0.39, 0.29) is 0 Å². The lowest BCUT2D eigenvalue weighted by Crippen LogP contribution is -2.29. The predicted octanol–water partition coefficient (Wildman–Crippen LogP) is 4.25. The summed E-state index contributed by atoms with van der Waals surface area (Å²) in [6.07, 6.45) is -0.859. The summed E-state index contributed by atoms with van der Waals surface area (Å²) in [5.41, 5.74) is 1.43. The number of anilines is 1. The van der Waals surface area contributed by atoms with Crippen LogP contribution in [-0.4, -0.2) is 24.6 Å². The van der Waals surface area contributed by atoms with Gasteiger partial charge in [0, 0.05) is 15.7 Å². The summed E-state index contributed by atoms with van der Waals surface area (Å²) >= 11 is 11.8. The van der Waals surface area contributed by atoms with Gasteiger partial charge in [0.1, 0.15) is 5.75 Å². The number of hydrogen-bond donors (Lipinski definition) is 1. The zero-order valence-electron chi connectivity index (χ0n) is 13.7. The van der Waals surface area contributed by atoms with Crippen LogP contribution in [0.25, 0.3) is 0 Å². The first-order valence-electron chi connectivity index (χ1n) is 7.50. The van der Waals surface area contributed by atoms with Crippen LogP contribution in [0.2, 0.25) is 10.0 Å². The molecule has 0 unspecified atom stereocenters. The second-order valence-corrected chi connectivity index (χ2v) is 6.18. The van der Waals surface area contributed by atoms with Crippen LogP contribution in [0.15, 0.2) is 42.5 Å². The molecule has 0 bridgehead atoms. The number of benzene rings is 2. The van der Waals surface area contributed by atoms with E-state index < -0.39 is 24.6 Å². The Balaban J connectivity index is 1.80. The minimum absolute atomic E-state index is 0.418. The number of aryl methyl sites for hydroxylation is 1. The van der Waals surface area contributed by atoms with Gasteiger partial charge in [0.05, 0.1) is 0 Å². The molecule has 0 heterocycles. The van der Waals surface area contributed by atoms with Gasteiger partial charge >= 0.3 is 5.97 Å². The second-order valence-electron chi connectivity index (χ2n) is 5.33. The van der Waals surface area contributed by atoms with Crippen LogP contribution in [0.5, 0.6) is 5.75 Å². The molecule has 0 fully saturated rings. The Kier molecular flexibility index (Phi) is 6.67. The number of rotatable bonds is 6. The summed E-state index contributed by atoms with van der Waals surface area (Å²) in [6.45, 7) is 2.98. The molecule has 0 saturated carbocycles. The first-order chi connectivity index (χ1) is 11.8. The van der Waals surface area contributed by atoms with Gasteiger partial charge in [-0.15, -0.1) is 0 Å². The maximum absolute atomic E-state index is 11.9. The number of halogens is 2. The Hall–Kier alpha value is -2.24. The summed E-state index contributed by atoms with van der Waals surface area (Å²) in [5.74, 6) is -0.633. The van der Waals surface area contributed by atoms with E-state index in [4.69, 9.17) is 32.7 Å². The third-order valence-electron chi connectivity index (χ3n) is 3.26. The molecule has 2 aromatic rings. The molecule has 0 aliphatic carbocycles. The van der Waals surface area contributed by atoms with Crippen LogP contribution in [0, 0.1) is 6.92 Å². The van der Waals surface area contributed by atoms with Gasteiger partial charge in [-0.1, -0.05) is 29.3 Å². The van der Waals surface area contributed by atoms with Crippen LogP contribution in [0.1, 0.15) is 12.5 Å². The van der Waals surface area contributed by atoms with Crippen molar-refractivity contribution in [1.29, 1.82) is 0 Å². The fourth-order valence-electron chi connectivity index (χ4n) is 1.89. The Labute approximate surface area is 155 Å². The summed E-state index contributed by atoms with van der Waals surface area (Å²) in [6, 6.07) is 11.7. The zero-order chi connectivity index (χ0) is 18.4. The lowest BCUT2D eigenvalue weighted by Gasteiger charge is -2.14. The molecular weight excluding hydrogens is 365 g/mol. The molecule has 5 nitrogen and oxygen atoms in total. The quantitative estimate of drug-likeness (QED) is 0.759. The Morgan fingerprint density at radius 1 is 1.12 bits per heavy atom. The Morgan fingerprint density at radius 3 is 2.44 bits per heavy atom. The van der Waals surface area contributed by atoms with Crippen molar-refractivity contribution < 1.29 is 19.1 Å². The number of ether oxygens (including phenoxy) is 2. The number of amides is 1. The van der Waals surface area contributed by atoms with E-state index >= 15 is 0 Å². The fourth-order valence-corrected chi connectivity index (χ4v) is 2.19. The fraction of sp³-hybridized carbons (Fsp3) is 0.222. The lowest BCUT2D eigenvalue weighted by atomic mass is 10.2. The highest BCUT2D eigenvalue weighted by Crippen LogP contribution is 2.20. The largest absolute Gasteiger partial charge is 0.479 e. The molecule has 0 aromatic heterocycles. The van der Waals surface area contributed by atoms with Gasteiger partial charge < -0.3 is 14.8 Å². The molecule has 0 aliphatic heterocycles. The van der Waals surface area contributed by atoms with Gasteiger partial charge in [-0.3, -0.25) is 4.79 Å². The molecule has 0 aliphatic rings. The summed E-state index contributed by atoms with van der Waals surface area (Å²) in [4.78, 5) is 23.7. The molecular formula is C18H17Cl2NO4. The predicted molar refractivity (Wildman–Crippen MR) is 97.3 cm³/mol. The monoisotopic (exact) mass is 381 g/mol. The highest BCUT2D eigenvalue weighted by atomic mass is 35.5. The maximum atomic E-state index is 11.9. The topological polar surface area (TPSA) is 64.6 Å². The molecule has 1 atom stereocenters. The molecule has 2 rings (SSSR count). The smallest absolute Gasteiger partial charge is 0.347 e. The molecule has 132 valence electrons. The van der Waals surface area contributed by atoms with Gasteiger partial charge in [0.25, 0.3) is 5.91 Å². The van der Waals surface area contributed by atoms with Crippen LogP contribution < -0.4 is 10.1 Å². The van der Waals surface area contributed by atoms with E-state index in [1.165, 1.54) is 6.92 Å². The number of nitrogens with one attached hydrogen (secondary N) is 1. The van der Waals surface area contributed by atoms with E-state index in [2.05, 4.69) is 5.32 Å². The second kappa shape index (κ2) is 8.74. The van der Waals surface area contributed by atoms with Crippen molar-refractivity contribution in [3.63, 3.8) is 0 Å². The normalized spacial score (nSPS) is 11.5. The van der Waals surface area contributed by atoms with E-state index in [1.54, 1.807) is 42.5 Å². The molecule has 0 radical (unpaired) electrons. The molecule has 25 heavy (non-hydrogen) atoms. The number of esters is 1. The van der Waals surface area contributed by atoms with E-state index in [9.17, 15) is 9.59 Å². The zero-order valence-corrected chi connectivity index (χ0v) is 15.2. The highest BCUT2D eigenvalue weighted by Gasteiger charge is 2.18. The van der Waals surface area contributed by atoms with Crippen LogP contribution >= 0.6 is 23.2 Å². The first-order valence-corrected chi connectivity index (χ1v) is 8.25.